The summed E-state index contributed by atoms with van der Waals surface area (Å²) in [5.74, 6) is -0.497. The third-order valence-electron chi connectivity index (χ3n) is 2.48. The van der Waals surface area contributed by atoms with Crippen LogP contribution >= 0.6 is 0 Å². The number of fused-ring (bicyclic) bond motifs is 1. The predicted octanol–water partition coefficient (Wildman–Crippen LogP) is 3.00. The monoisotopic (exact) mass is 269 g/mol. The van der Waals surface area contributed by atoms with Crippen molar-refractivity contribution in [1.29, 1.82) is 0 Å². The number of nitrogens with zero attached hydrogens (tertiary/aromatic N) is 1. The van der Waals surface area contributed by atoms with Gasteiger partial charge in [-0.3, -0.25) is 9.78 Å². The molecule has 0 aliphatic rings. The van der Waals surface area contributed by atoms with E-state index in [0.29, 0.717) is 10.9 Å². The number of benzene rings is 1. The summed E-state index contributed by atoms with van der Waals surface area (Å²) >= 11 is 0. The first-order valence-corrected chi connectivity index (χ1v) is 5.48. The van der Waals surface area contributed by atoms with Crippen molar-refractivity contribution in [3.63, 3.8) is 0 Å². The molecule has 0 fully saturated rings. The third kappa shape index (κ3) is 3.51. The molecule has 2 aromatic rings. The molecule has 0 aliphatic heterocycles. The highest BCUT2D eigenvalue weighted by Gasteiger charge is 2.28. The molecule has 1 heterocycles. The SMILES string of the molecule is O=C(COCC(F)(F)F)c1cccc2ccncc12. The van der Waals surface area contributed by atoms with Crippen molar-refractivity contribution in [3.8, 4) is 0 Å². The first kappa shape index (κ1) is 13.5. The molecule has 0 saturated carbocycles. The summed E-state index contributed by atoms with van der Waals surface area (Å²) in [6, 6.07) is 6.73. The molecule has 0 spiro atoms. The molecule has 0 N–H and O–H groups in total. The number of hydrogen-bond acceptors (Lipinski definition) is 3. The lowest BCUT2D eigenvalue weighted by atomic mass is 10.0. The molecular weight excluding hydrogens is 259 g/mol. The summed E-state index contributed by atoms with van der Waals surface area (Å²) in [5.41, 5.74) is 0.313. The zero-order chi connectivity index (χ0) is 13.9. The van der Waals surface area contributed by atoms with Crippen LogP contribution in [0.2, 0.25) is 0 Å². The van der Waals surface area contributed by atoms with Crippen molar-refractivity contribution in [2.24, 2.45) is 0 Å². The van der Waals surface area contributed by atoms with E-state index in [-0.39, 0.29) is 0 Å². The number of hydrogen-bond donors (Lipinski definition) is 0. The fourth-order valence-corrected chi connectivity index (χ4v) is 1.69. The Balaban J connectivity index is 2.14. The molecule has 6 heteroatoms. The van der Waals surface area contributed by atoms with E-state index in [1.807, 2.05) is 0 Å². The number of ketones is 1. The van der Waals surface area contributed by atoms with Gasteiger partial charge >= 0.3 is 6.18 Å². The van der Waals surface area contributed by atoms with E-state index in [1.54, 1.807) is 30.5 Å². The van der Waals surface area contributed by atoms with E-state index in [2.05, 4.69) is 9.72 Å². The second-order valence-corrected chi connectivity index (χ2v) is 3.93. The van der Waals surface area contributed by atoms with Gasteiger partial charge in [-0.05, 0) is 11.5 Å². The van der Waals surface area contributed by atoms with Crippen LogP contribution in [0.25, 0.3) is 10.8 Å². The van der Waals surface area contributed by atoms with Gasteiger partial charge < -0.3 is 4.74 Å². The molecule has 3 nitrogen and oxygen atoms in total. The molecule has 19 heavy (non-hydrogen) atoms. The lowest BCUT2D eigenvalue weighted by Crippen LogP contribution is -2.20. The average molecular weight is 269 g/mol. The number of halogens is 3. The van der Waals surface area contributed by atoms with Crippen LogP contribution < -0.4 is 0 Å². The minimum atomic E-state index is -4.43. The van der Waals surface area contributed by atoms with Crippen molar-refractivity contribution >= 4 is 16.6 Å². The Hall–Kier alpha value is -1.95. The number of pyridine rings is 1. The average Bonchev–Trinajstić information content (AvgIpc) is 2.36. The highest BCUT2D eigenvalue weighted by atomic mass is 19.4. The Labute approximate surface area is 107 Å². The normalized spacial score (nSPS) is 11.7. The van der Waals surface area contributed by atoms with E-state index in [9.17, 15) is 18.0 Å². The van der Waals surface area contributed by atoms with Gasteiger partial charge in [-0.2, -0.15) is 13.2 Å². The van der Waals surface area contributed by atoms with Crippen molar-refractivity contribution < 1.29 is 22.7 Å². The molecule has 0 bridgehead atoms. The van der Waals surface area contributed by atoms with Crippen LogP contribution in [0.15, 0.2) is 36.7 Å². The molecule has 1 aromatic carbocycles. The predicted molar refractivity (Wildman–Crippen MR) is 62.9 cm³/mol. The molecule has 2 rings (SSSR count). The standard InChI is InChI=1S/C13H10F3NO2/c14-13(15,16)8-19-7-12(18)10-3-1-2-9-4-5-17-6-11(9)10/h1-6H,7-8H2. The van der Waals surface area contributed by atoms with Crippen LogP contribution in [0, 0.1) is 0 Å². The number of rotatable bonds is 4. The van der Waals surface area contributed by atoms with Crippen molar-refractivity contribution in [2.45, 2.75) is 6.18 Å². The van der Waals surface area contributed by atoms with Gasteiger partial charge in [-0.1, -0.05) is 18.2 Å². The number of Topliss-reactive ketones (excluding diaryl/α,β-unsaturated/α-hetero) is 1. The molecule has 0 amide bonds. The highest BCUT2D eigenvalue weighted by Crippen LogP contribution is 2.19. The molecule has 1 aromatic heterocycles. The van der Waals surface area contributed by atoms with E-state index in [0.717, 1.165) is 5.39 Å². The van der Waals surface area contributed by atoms with Crippen LogP contribution in [-0.2, 0) is 4.74 Å². The number of carbonyl (C=O) groups is 1. The maximum absolute atomic E-state index is 11.9. The fraction of sp³-hybridized carbons (Fsp3) is 0.231. The third-order valence-corrected chi connectivity index (χ3v) is 2.48. The Kier molecular flexibility index (Phi) is 3.80. The summed E-state index contributed by atoms with van der Waals surface area (Å²) < 4.78 is 40.1. The number of carbonyl (C=O) groups excluding carboxylic acids is 1. The van der Waals surface area contributed by atoms with E-state index >= 15 is 0 Å². The van der Waals surface area contributed by atoms with Gasteiger partial charge in [0, 0.05) is 23.3 Å². The van der Waals surface area contributed by atoms with Crippen molar-refractivity contribution in [2.75, 3.05) is 13.2 Å². The summed E-state index contributed by atoms with van der Waals surface area (Å²) in [4.78, 5) is 15.7. The first-order valence-electron chi connectivity index (χ1n) is 5.48. The van der Waals surface area contributed by atoms with E-state index < -0.39 is 25.2 Å². The van der Waals surface area contributed by atoms with E-state index in [4.69, 9.17) is 0 Å². The van der Waals surface area contributed by atoms with Crippen LogP contribution in [0.3, 0.4) is 0 Å². The lowest BCUT2D eigenvalue weighted by Gasteiger charge is -2.08. The minimum Gasteiger partial charge on any atom is -0.364 e. The smallest absolute Gasteiger partial charge is 0.364 e. The Morgan fingerprint density at radius 2 is 2.05 bits per heavy atom. The summed E-state index contributed by atoms with van der Waals surface area (Å²) in [5, 5.41) is 1.40. The first-order chi connectivity index (χ1) is 8.97. The van der Waals surface area contributed by atoms with Crippen LogP contribution in [-0.4, -0.2) is 30.2 Å². The molecule has 0 unspecified atom stereocenters. The fourth-order valence-electron chi connectivity index (χ4n) is 1.69. The summed E-state index contributed by atoms with van der Waals surface area (Å²) in [6.07, 6.45) is -1.34. The van der Waals surface area contributed by atoms with Crippen LogP contribution in [0.5, 0.6) is 0 Å². The molecule has 0 atom stereocenters. The molecule has 0 aliphatic carbocycles. The zero-order valence-corrected chi connectivity index (χ0v) is 9.78. The lowest BCUT2D eigenvalue weighted by molar-refractivity contribution is -0.170. The van der Waals surface area contributed by atoms with Crippen molar-refractivity contribution in [1.82, 2.24) is 4.98 Å². The van der Waals surface area contributed by atoms with Gasteiger partial charge in [0.15, 0.2) is 5.78 Å². The summed E-state index contributed by atoms with van der Waals surface area (Å²) in [7, 11) is 0. The molecular formula is C13H10F3NO2. The zero-order valence-electron chi connectivity index (χ0n) is 9.78. The van der Waals surface area contributed by atoms with Gasteiger partial charge in [0.1, 0.15) is 13.2 Å². The summed E-state index contributed by atoms with van der Waals surface area (Å²) in [6.45, 7) is -2.03. The topological polar surface area (TPSA) is 39.2 Å². The van der Waals surface area contributed by atoms with Gasteiger partial charge in [0.05, 0.1) is 0 Å². The number of alkyl halides is 3. The molecule has 0 radical (unpaired) electrons. The van der Waals surface area contributed by atoms with Gasteiger partial charge in [0.2, 0.25) is 0 Å². The Bertz CT molecular complexity index is 590. The Morgan fingerprint density at radius 1 is 1.26 bits per heavy atom. The maximum Gasteiger partial charge on any atom is 0.411 e. The van der Waals surface area contributed by atoms with Crippen LogP contribution in [0.1, 0.15) is 10.4 Å². The molecule has 100 valence electrons. The largest absolute Gasteiger partial charge is 0.411 e. The second kappa shape index (κ2) is 5.36. The quantitative estimate of drug-likeness (QED) is 0.801. The second-order valence-electron chi connectivity index (χ2n) is 3.93. The van der Waals surface area contributed by atoms with Gasteiger partial charge in [-0.15, -0.1) is 0 Å². The van der Waals surface area contributed by atoms with Gasteiger partial charge in [0.25, 0.3) is 0 Å². The minimum absolute atomic E-state index is 0.313. The number of ether oxygens (including phenoxy) is 1. The highest BCUT2D eigenvalue weighted by molar-refractivity contribution is 6.08. The molecule has 0 saturated heterocycles. The number of aromatic nitrogens is 1. The Morgan fingerprint density at radius 3 is 2.79 bits per heavy atom. The van der Waals surface area contributed by atoms with Gasteiger partial charge in [-0.25, -0.2) is 0 Å². The van der Waals surface area contributed by atoms with E-state index in [1.165, 1.54) is 6.20 Å². The van der Waals surface area contributed by atoms with Crippen molar-refractivity contribution in [3.05, 3.63) is 42.2 Å². The maximum atomic E-state index is 11.9. The van der Waals surface area contributed by atoms with Crippen LogP contribution in [0.4, 0.5) is 13.2 Å².